The summed E-state index contributed by atoms with van der Waals surface area (Å²) in [5.41, 5.74) is 2.84. The number of anilines is 1. The lowest BCUT2D eigenvalue weighted by Crippen LogP contribution is -2.33. The second kappa shape index (κ2) is 7.69. The summed E-state index contributed by atoms with van der Waals surface area (Å²) in [5.74, 6) is 0.00390. The van der Waals surface area contributed by atoms with Gasteiger partial charge in [-0.25, -0.2) is 9.59 Å². The van der Waals surface area contributed by atoms with Crippen molar-refractivity contribution in [2.24, 2.45) is 0 Å². The number of hydrogen-bond donors (Lipinski definition) is 1. The maximum absolute atomic E-state index is 12.7. The van der Waals surface area contributed by atoms with Gasteiger partial charge in [-0.05, 0) is 44.5 Å². The van der Waals surface area contributed by atoms with Crippen LogP contribution in [0.2, 0.25) is 0 Å². The van der Waals surface area contributed by atoms with Crippen LogP contribution in [0.15, 0.2) is 24.3 Å². The Labute approximate surface area is 158 Å². The van der Waals surface area contributed by atoms with E-state index in [4.69, 9.17) is 9.47 Å². The van der Waals surface area contributed by atoms with Crippen molar-refractivity contribution >= 4 is 17.7 Å². The van der Waals surface area contributed by atoms with Crippen molar-refractivity contribution in [2.75, 3.05) is 32.6 Å². The Morgan fingerprint density at radius 2 is 2.00 bits per heavy atom. The molecule has 1 saturated heterocycles. The first kappa shape index (κ1) is 18.8. The predicted molar refractivity (Wildman–Crippen MR) is 100 cm³/mol. The van der Waals surface area contributed by atoms with E-state index in [1.807, 2.05) is 24.6 Å². The van der Waals surface area contributed by atoms with E-state index in [1.165, 1.54) is 14.2 Å². The highest BCUT2D eigenvalue weighted by Gasteiger charge is 2.29. The molecule has 0 aliphatic carbocycles. The van der Waals surface area contributed by atoms with Gasteiger partial charge in [-0.2, -0.15) is 5.10 Å². The molecule has 0 unspecified atom stereocenters. The number of carbonyl (C=O) groups excluding carboxylic acids is 2. The molecular weight excluding hydrogens is 348 g/mol. The van der Waals surface area contributed by atoms with Crippen LogP contribution in [0.4, 0.5) is 10.5 Å². The van der Waals surface area contributed by atoms with Crippen molar-refractivity contribution in [1.82, 2.24) is 14.7 Å². The Morgan fingerprint density at radius 1 is 1.22 bits per heavy atom. The number of nitrogens with zero attached hydrogens (tertiary/aromatic N) is 3. The summed E-state index contributed by atoms with van der Waals surface area (Å²) in [6.07, 6.45) is 0.842. The van der Waals surface area contributed by atoms with Gasteiger partial charge in [0.15, 0.2) is 0 Å². The van der Waals surface area contributed by atoms with Crippen LogP contribution in [-0.2, 0) is 4.74 Å². The van der Waals surface area contributed by atoms with Crippen molar-refractivity contribution in [2.45, 2.75) is 26.3 Å². The summed E-state index contributed by atoms with van der Waals surface area (Å²) in [6.45, 7) is 5.19. The Balaban J connectivity index is 1.72. The minimum absolute atomic E-state index is 0.160. The smallest absolute Gasteiger partial charge is 0.337 e. The number of ether oxygens (including phenoxy) is 2. The molecule has 2 amide bonds. The van der Waals surface area contributed by atoms with E-state index in [9.17, 15) is 9.59 Å². The van der Waals surface area contributed by atoms with E-state index in [0.717, 1.165) is 17.8 Å². The highest BCUT2D eigenvalue weighted by molar-refractivity contribution is 5.95. The first-order valence-electron chi connectivity index (χ1n) is 8.78. The maximum atomic E-state index is 12.7. The predicted octanol–water partition coefficient (Wildman–Crippen LogP) is 2.77. The molecule has 0 bridgehead atoms. The molecule has 2 heterocycles. The highest BCUT2D eigenvalue weighted by atomic mass is 16.5. The Bertz CT molecular complexity index is 861. The molecule has 8 nitrogen and oxygen atoms in total. The number of likely N-dealkylation sites (tertiary alicyclic amines) is 1. The van der Waals surface area contributed by atoms with Crippen LogP contribution in [0, 0.1) is 13.8 Å². The van der Waals surface area contributed by atoms with Gasteiger partial charge in [0.2, 0.25) is 0 Å². The summed E-state index contributed by atoms with van der Waals surface area (Å²) in [6, 6.07) is 6.73. The summed E-state index contributed by atoms with van der Waals surface area (Å²) < 4.78 is 12.0. The standard InChI is InChI=1S/C19H24N4O4/c1-12-9-13(2)23(21-12)15-7-8-22(11-15)19(25)20-16-10-14(18(24)27-4)5-6-17(16)26-3/h5-6,9-10,15H,7-8,11H2,1-4H3,(H,20,25)/t15-/m1/s1. The lowest BCUT2D eigenvalue weighted by atomic mass is 10.2. The summed E-state index contributed by atoms with van der Waals surface area (Å²) in [4.78, 5) is 26.2. The van der Waals surface area contributed by atoms with Crippen molar-refractivity contribution in [3.63, 3.8) is 0 Å². The zero-order valence-electron chi connectivity index (χ0n) is 16.0. The number of hydrogen-bond acceptors (Lipinski definition) is 5. The number of nitrogens with one attached hydrogen (secondary N) is 1. The fourth-order valence-corrected chi connectivity index (χ4v) is 3.39. The molecular formula is C19H24N4O4. The lowest BCUT2D eigenvalue weighted by Gasteiger charge is -2.19. The van der Waals surface area contributed by atoms with Crippen molar-refractivity contribution < 1.29 is 19.1 Å². The summed E-state index contributed by atoms with van der Waals surface area (Å²) >= 11 is 0. The molecule has 1 atom stereocenters. The molecule has 0 saturated carbocycles. The zero-order valence-corrected chi connectivity index (χ0v) is 16.0. The van der Waals surface area contributed by atoms with E-state index in [1.54, 1.807) is 23.1 Å². The van der Waals surface area contributed by atoms with Crippen LogP contribution in [0.3, 0.4) is 0 Å². The Kier molecular flexibility index (Phi) is 5.34. The molecule has 8 heteroatoms. The lowest BCUT2D eigenvalue weighted by molar-refractivity contribution is 0.0600. The quantitative estimate of drug-likeness (QED) is 0.834. The van der Waals surface area contributed by atoms with Gasteiger partial charge >= 0.3 is 12.0 Å². The minimum Gasteiger partial charge on any atom is -0.495 e. The van der Waals surface area contributed by atoms with Crippen molar-refractivity contribution in [3.8, 4) is 5.75 Å². The van der Waals surface area contributed by atoms with Crippen LogP contribution in [-0.4, -0.2) is 54.0 Å². The number of aromatic nitrogens is 2. The normalized spacial score (nSPS) is 16.3. The number of aryl methyl sites for hydroxylation is 2. The number of rotatable bonds is 4. The fourth-order valence-electron chi connectivity index (χ4n) is 3.39. The van der Waals surface area contributed by atoms with Crippen LogP contribution in [0.25, 0.3) is 0 Å². The van der Waals surface area contributed by atoms with Crippen molar-refractivity contribution in [1.29, 1.82) is 0 Å². The second-order valence-electron chi connectivity index (χ2n) is 6.60. The molecule has 144 valence electrons. The van der Waals surface area contributed by atoms with Gasteiger partial charge in [-0.1, -0.05) is 0 Å². The topological polar surface area (TPSA) is 85.7 Å². The van der Waals surface area contributed by atoms with E-state index in [2.05, 4.69) is 10.4 Å². The van der Waals surface area contributed by atoms with E-state index in [0.29, 0.717) is 30.1 Å². The molecule has 1 aliphatic rings. The third kappa shape index (κ3) is 3.89. The number of benzene rings is 1. The third-order valence-electron chi connectivity index (χ3n) is 4.70. The first-order valence-corrected chi connectivity index (χ1v) is 8.78. The number of esters is 1. The number of amides is 2. The van der Waals surface area contributed by atoms with Crippen LogP contribution >= 0.6 is 0 Å². The van der Waals surface area contributed by atoms with Gasteiger partial charge in [-0.3, -0.25) is 4.68 Å². The molecule has 0 spiro atoms. The van der Waals surface area contributed by atoms with E-state index < -0.39 is 5.97 Å². The Morgan fingerprint density at radius 3 is 2.63 bits per heavy atom. The molecule has 1 aromatic carbocycles. The maximum Gasteiger partial charge on any atom is 0.337 e. The monoisotopic (exact) mass is 372 g/mol. The van der Waals surface area contributed by atoms with E-state index >= 15 is 0 Å². The van der Waals surface area contributed by atoms with Crippen molar-refractivity contribution in [3.05, 3.63) is 41.2 Å². The largest absolute Gasteiger partial charge is 0.495 e. The zero-order chi connectivity index (χ0) is 19.6. The van der Waals surface area contributed by atoms with Gasteiger partial charge < -0.3 is 19.7 Å². The SMILES string of the molecule is COC(=O)c1ccc(OC)c(NC(=O)N2CC[C@@H](n3nc(C)cc3C)C2)c1. The molecule has 27 heavy (non-hydrogen) atoms. The number of carbonyl (C=O) groups is 2. The summed E-state index contributed by atoms with van der Waals surface area (Å²) in [7, 11) is 2.83. The van der Waals surface area contributed by atoms with Crippen LogP contribution < -0.4 is 10.1 Å². The van der Waals surface area contributed by atoms with Gasteiger partial charge in [0, 0.05) is 18.8 Å². The van der Waals surface area contributed by atoms with Gasteiger partial charge in [0.05, 0.1) is 37.2 Å². The fraction of sp³-hybridized carbons (Fsp3) is 0.421. The third-order valence-corrected chi connectivity index (χ3v) is 4.70. The van der Waals surface area contributed by atoms with Crippen LogP contribution in [0.5, 0.6) is 5.75 Å². The van der Waals surface area contributed by atoms with Gasteiger partial charge in [-0.15, -0.1) is 0 Å². The molecule has 0 radical (unpaired) electrons. The summed E-state index contributed by atoms with van der Waals surface area (Å²) in [5, 5.41) is 7.36. The number of urea groups is 1. The second-order valence-corrected chi connectivity index (χ2v) is 6.60. The van der Waals surface area contributed by atoms with Gasteiger partial charge in [0.25, 0.3) is 0 Å². The minimum atomic E-state index is -0.473. The number of methoxy groups -OCH3 is 2. The first-order chi connectivity index (χ1) is 12.9. The Hall–Kier alpha value is -3.03. The molecule has 1 aliphatic heterocycles. The molecule has 1 fully saturated rings. The van der Waals surface area contributed by atoms with Crippen LogP contribution in [0.1, 0.15) is 34.2 Å². The highest BCUT2D eigenvalue weighted by Crippen LogP contribution is 2.28. The molecule has 3 rings (SSSR count). The van der Waals surface area contributed by atoms with E-state index in [-0.39, 0.29) is 12.1 Å². The average molecular weight is 372 g/mol. The molecule has 1 N–H and O–H groups in total. The average Bonchev–Trinajstić information content (AvgIpc) is 3.27. The van der Waals surface area contributed by atoms with Gasteiger partial charge in [0.1, 0.15) is 5.75 Å². The molecule has 2 aromatic rings. The molecule has 1 aromatic heterocycles.